The quantitative estimate of drug-likeness (QED) is 0.783. The van der Waals surface area contributed by atoms with E-state index in [2.05, 4.69) is 25.9 Å². The molecule has 0 radical (unpaired) electrons. The van der Waals surface area contributed by atoms with E-state index in [0.29, 0.717) is 5.82 Å². The second-order valence-electron chi connectivity index (χ2n) is 2.90. The molecule has 1 aromatic carbocycles. The minimum Gasteiger partial charge on any atom is -0.496 e. The fraction of sp³-hybridized carbons (Fsp3) is 0.0909. The Morgan fingerprint density at radius 1 is 1.20 bits per heavy atom. The Morgan fingerprint density at radius 2 is 2.00 bits per heavy atom. The molecule has 0 aliphatic rings. The molecule has 4 heteroatoms. The highest BCUT2D eigenvalue weighted by Gasteiger charge is 2.07. The molecule has 0 unspecified atom stereocenters. The third-order valence-corrected chi connectivity index (χ3v) is 2.41. The van der Waals surface area contributed by atoms with Crippen LogP contribution in [0.15, 0.2) is 41.1 Å². The number of nitrogens with zero attached hydrogens (tertiary/aromatic N) is 2. The molecule has 0 amide bonds. The van der Waals surface area contributed by atoms with E-state index >= 15 is 0 Å². The molecule has 76 valence electrons. The van der Waals surface area contributed by atoms with Crippen LogP contribution in [-0.4, -0.2) is 17.1 Å². The van der Waals surface area contributed by atoms with E-state index < -0.39 is 0 Å². The Labute approximate surface area is 96.3 Å². The summed E-state index contributed by atoms with van der Waals surface area (Å²) in [6.07, 6.45) is 1.71. The first-order valence-electron chi connectivity index (χ1n) is 4.43. The van der Waals surface area contributed by atoms with Gasteiger partial charge in [-0.1, -0.05) is 12.1 Å². The molecule has 1 heterocycles. The molecule has 1 aromatic heterocycles. The molecule has 0 fully saturated rings. The number of halogens is 1. The van der Waals surface area contributed by atoms with Gasteiger partial charge < -0.3 is 4.74 Å². The SMILES string of the molecule is COc1ccccc1-c1nccc(Br)n1. The van der Waals surface area contributed by atoms with Crippen molar-refractivity contribution in [3.05, 3.63) is 41.1 Å². The third kappa shape index (κ3) is 2.15. The van der Waals surface area contributed by atoms with Gasteiger partial charge in [-0.15, -0.1) is 0 Å². The van der Waals surface area contributed by atoms with Gasteiger partial charge >= 0.3 is 0 Å². The number of ether oxygens (including phenoxy) is 1. The van der Waals surface area contributed by atoms with Crippen molar-refractivity contribution in [3.8, 4) is 17.1 Å². The lowest BCUT2D eigenvalue weighted by Crippen LogP contribution is -1.92. The molecule has 0 N–H and O–H groups in total. The van der Waals surface area contributed by atoms with E-state index in [9.17, 15) is 0 Å². The van der Waals surface area contributed by atoms with Gasteiger partial charge in [-0.25, -0.2) is 9.97 Å². The minimum absolute atomic E-state index is 0.654. The molecular formula is C11H9BrN2O. The summed E-state index contributed by atoms with van der Waals surface area (Å²) in [5.74, 6) is 1.43. The highest BCUT2D eigenvalue weighted by atomic mass is 79.9. The number of hydrogen-bond donors (Lipinski definition) is 0. The average Bonchev–Trinajstić information content (AvgIpc) is 2.29. The molecule has 0 aliphatic heterocycles. The first-order valence-corrected chi connectivity index (χ1v) is 5.22. The molecule has 0 atom stereocenters. The summed E-state index contributed by atoms with van der Waals surface area (Å²) in [5.41, 5.74) is 0.890. The largest absolute Gasteiger partial charge is 0.496 e. The lowest BCUT2D eigenvalue weighted by atomic mass is 10.2. The predicted octanol–water partition coefficient (Wildman–Crippen LogP) is 2.91. The third-order valence-electron chi connectivity index (χ3n) is 1.97. The first kappa shape index (κ1) is 10.1. The summed E-state index contributed by atoms with van der Waals surface area (Å²) < 4.78 is 6.01. The highest BCUT2D eigenvalue weighted by molar-refractivity contribution is 9.10. The fourth-order valence-corrected chi connectivity index (χ4v) is 1.58. The molecule has 3 nitrogen and oxygen atoms in total. The van der Waals surface area contributed by atoms with Crippen LogP contribution in [0, 0.1) is 0 Å². The van der Waals surface area contributed by atoms with E-state index in [1.54, 1.807) is 19.4 Å². The second-order valence-corrected chi connectivity index (χ2v) is 3.72. The number of rotatable bonds is 2. The van der Waals surface area contributed by atoms with Crippen LogP contribution in [0.1, 0.15) is 0 Å². The number of aromatic nitrogens is 2. The maximum atomic E-state index is 5.24. The molecule has 0 saturated carbocycles. The Morgan fingerprint density at radius 3 is 2.73 bits per heavy atom. The lowest BCUT2D eigenvalue weighted by molar-refractivity contribution is 0.416. The van der Waals surface area contributed by atoms with Crippen LogP contribution in [0.4, 0.5) is 0 Å². The summed E-state index contributed by atoms with van der Waals surface area (Å²) in [6.45, 7) is 0. The molecule has 0 saturated heterocycles. The molecule has 15 heavy (non-hydrogen) atoms. The Balaban J connectivity index is 2.53. The number of benzene rings is 1. The van der Waals surface area contributed by atoms with Gasteiger partial charge in [-0.2, -0.15) is 0 Å². The highest BCUT2D eigenvalue weighted by Crippen LogP contribution is 2.26. The molecule has 0 aliphatic carbocycles. The van der Waals surface area contributed by atoms with Crippen LogP contribution < -0.4 is 4.74 Å². The lowest BCUT2D eigenvalue weighted by Gasteiger charge is -2.06. The number of para-hydroxylation sites is 1. The van der Waals surface area contributed by atoms with Gasteiger partial charge in [0.25, 0.3) is 0 Å². The van der Waals surface area contributed by atoms with Crippen molar-refractivity contribution in [2.75, 3.05) is 7.11 Å². The number of hydrogen-bond acceptors (Lipinski definition) is 3. The van der Waals surface area contributed by atoms with E-state index in [0.717, 1.165) is 15.9 Å². The summed E-state index contributed by atoms with van der Waals surface area (Å²) in [5, 5.41) is 0. The zero-order valence-corrected chi connectivity index (χ0v) is 9.73. The van der Waals surface area contributed by atoms with Gasteiger partial charge in [0, 0.05) is 6.20 Å². The van der Waals surface area contributed by atoms with Gasteiger partial charge in [-0.3, -0.25) is 0 Å². The van der Waals surface area contributed by atoms with Crippen molar-refractivity contribution in [1.82, 2.24) is 9.97 Å². The summed E-state index contributed by atoms with van der Waals surface area (Å²) in [7, 11) is 1.64. The zero-order valence-electron chi connectivity index (χ0n) is 8.14. The molecular weight excluding hydrogens is 256 g/mol. The molecule has 2 aromatic rings. The van der Waals surface area contributed by atoms with Crippen molar-refractivity contribution < 1.29 is 4.74 Å². The normalized spacial score (nSPS) is 10.0. The van der Waals surface area contributed by atoms with Crippen LogP contribution in [-0.2, 0) is 0 Å². The van der Waals surface area contributed by atoms with Crippen LogP contribution in [0.2, 0.25) is 0 Å². The Bertz CT molecular complexity index is 474. The molecule has 2 rings (SSSR count). The smallest absolute Gasteiger partial charge is 0.164 e. The monoisotopic (exact) mass is 264 g/mol. The fourth-order valence-electron chi connectivity index (χ4n) is 1.30. The maximum Gasteiger partial charge on any atom is 0.164 e. The maximum absolute atomic E-state index is 5.24. The molecule has 0 spiro atoms. The van der Waals surface area contributed by atoms with Crippen molar-refractivity contribution in [1.29, 1.82) is 0 Å². The summed E-state index contributed by atoms with van der Waals surface area (Å²) in [6, 6.07) is 9.46. The number of methoxy groups -OCH3 is 1. The van der Waals surface area contributed by atoms with E-state index in [1.807, 2.05) is 24.3 Å². The summed E-state index contributed by atoms with van der Waals surface area (Å²) >= 11 is 3.31. The van der Waals surface area contributed by atoms with Gasteiger partial charge in [0.15, 0.2) is 5.82 Å². The van der Waals surface area contributed by atoms with Crippen molar-refractivity contribution in [3.63, 3.8) is 0 Å². The van der Waals surface area contributed by atoms with E-state index in [1.165, 1.54) is 0 Å². The van der Waals surface area contributed by atoms with Crippen LogP contribution in [0.3, 0.4) is 0 Å². The van der Waals surface area contributed by atoms with Crippen molar-refractivity contribution >= 4 is 15.9 Å². The van der Waals surface area contributed by atoms with Crippen LogP contribution in [0.5, 0.6) is 5.75 Å². The Hall–Kier alpha value is -1.42. The van der Waals surface area contributed by atoms with Gasteiger partial charge in [0.2, 0.25) is 0 Å². The van der Waals surface area contributed by atoms with E-state index in [-0.39, 0.29) is 0 Å². The van der Waals surface area contributed by atoms with Crippen molar-refractivity contribution in [2.24, 2.45) is 0 Å². The topological polar surface area (TPSA) is 35.0 Å². The van der Waals surface area contributed by atoms with Crippen molar-refractivity contribution in [2.45, 2.75) is 0 Å². The van der Waals surface area contributed by atoms with Gasteiger partial charge in [-0.05, 0) is 34.1 Å². The second kappa shape index (κ2) is 4.40. The molecule has 0 bridgehead atoms. The van der Waals surface area contributed by atoms with Gasteiger partial charge in [0.1, 0.15) is 10.4 Å². The first-order chi connectivity index (χ1) is 7.31. The van der Waals surface area contributed by atoms with Gasteiger partial charge in [0.05, 0.1) is 12.7 Å². The zero-order chi connectivity index (χ0) is 10.7. The van der Waals surface area contributed by atoms with E-state index in [4.69, 9.17) is 4.74 Å². The predicted molar refractivity (Wildman–Crippen MR) is 61.7 cm³/mol. The van der Waals surface area contributed by atoms with Crippen LogP contribution in [0.25, 0.3) is 11.4 Å². The minimum atomic E-state index is 0.654. The average molecular weight is 265 g/mol. The standard InChI is InChI=1S/C11H9BrN2O/c1-15-9-5-3-2-4-8(9)11-13-7-6-10(12)14-11/h2-7H,1H3. The van der Waals surface area contributed by atoms with Crippen LogP contribution >= 0.6 is 15.9 Å². The Kier molecular flexibility index (Phi) is 2.97. The summed E-state index contributed by atoms with van der Waals surface area (Å²) in [4.78, 5) is 8.47.